The van der Waals surface area contributed by atoms with Gasteiger partial charge in [0.05, 0.1) is 0 Å². The zero-order chi connectivity index (χ0) is 25.8. The standard InChI is InChI=1S/C27H38N4O4S.ClH/c1-3-4-5-23-8-12-25(13-9-23)30-18-20-31(21-19-30)36(34,35)27(26(32)28-33)14-16-29(17-15-27)24-10-6-22(2)7-11-24;/h6-13,33H,3-5,14-21H2,1-2H3,(H,28,32);1H. The summed E-state index contributed by atoms with van der Waals surface area (Å²) in [6.07, 6.45) is 3.64. The molecule has 0 bridgehead atoms. The minimum atomic E-state index is -3.99. The molecule has 2 N–H and O–H groups in total. The predicted molar refractivity (Wildman–Crippen MR) is 150 cm³/mol. The normalized spacial score (nSPS) is 18.2. The van der Waals surface area contributed by atoms with Gasteiger partial charge in [0.15, 0.2) is 4.75 Å². The van der Waals surface area contributed by atoms with Gasteiger partial charge in [0.1, 0.15) is 0 Å². The maximum Gasteiger partial charge on any atom is 0.266 e. The van der Waals surface area contributed by atoms with Crippen molar-refractivity contribution in [2.24, 2.45) is 0 Å². The topological polar surface area (TPSA) is 93.2 Å². The van der Waals surface area contributed by atoms with Gasteiger partial charge in [-0.1, -0.05) is 43.2 Å². The Morgan fingerprint density at radius 2 is 1.41 bits per heavy atom. The summed E-state index contributed by atoms with van der Waals surface area (Å²) in [7, 11) is -3.99. The summed E-state index contributed by atoms with van der Waals surface area (Å²) < 4.78 is 27.5. The van der Waals surface area contributed by atoms with Crippen molar-refractivity contribution in [2.45, 2.75) is 50.7 Å². The second kappa shape index (κ2) is 12.5. The van der Waals surface area contributed by atoms with Crippen LogP contribution in [0, 0.1) is 6.92 Å². The van der Waals surface area contributed by atoms with E-state index in [0.29, 0.717) is 39.3 Å². The number of rotatable bonds is 8. The second-order valence-electron chi connectivity index (χ2n) is 9.92. The third-order valence-corrected chi connectivity index (χ3v) is 10.3. The average molecular weight is 551 g/mol. The van der Waals surface area contributed by atoms with Crippen molar-refractivity contribution < 1.29 is 18.4 Å². The van der Waals surface area contributed by atoms with Crippen LogP contribution in [0.3, 0.4) is 0 Å². The summed E-state index contributed by atoms with van der Waals surface area (Å²) in [5.41, 5.74) is 6.22. The summed E-state index contributed by atoms with van der Waals surface area (Å²) in [5, 5.41) is 9.49. The molecule has 0 saturated carbocycles. The number of sulfonamides is 1. The molecule has 10 heteroatoms. The number of nitrogens with one attached hydrogen (secondary N) is 1. The van der Waals surface area contributed by atoms with Crippen LogP contribution in [0.15, 0.2) is 48.5 Å². The van der Waals surface area contributed by atoms with E-state index in [-0.39, 0.29) is 25.2 Å². The number of nitrogens with zero attached hydrogens (tertiary/aromatic N) is 3. The Bertz CT molecular complexity index is 1130. The zero-order valence-electron chi connectivity index (χ0n) is 21.7. The predicted octanol–water partition coefficient (Wildman–Crippen LogP) is 3.76. The third-order valence-electron chi connectivity index (χ3n) is 7.68. The van der Waals surface area contributed by atoms with E-state index in [1.165, 1.54) is 16.3 Å². The molecule has 0 spiro atoms. The Balaban J connectivity index is 0.00000380. The van der Waals surface area contributed by atoms with Crippen LogP contribution < -0.4 is 15.3 Å². The molecule has 0 radical (unpaired) electrons. The van der Waals surface area contributed by atoms with Gasteiger partial charge >= 0.3 is 0 Å². The number of hydrogen-bond donors (Lipinski definition) is 2. The van der Waals surface area contributed by atoms with Crippen molar-refractivity contribution in [2.75, 3.05) is 49.1 Å². The van der Waals surface area contributed by atoms with Gasteiger partial charge in [0.2, 0.25) is 10.0 Å². The van der Waals surface area contributed by atoms with Crippen molar-refractivity contribution in [3.05, 3.63) is 59.7 Å². The highest BCUT2D eigenvalue weighted by atomic mass is 35.5. The second-order valence-corrected chi connectivity index (χ2v) is 12.2. The number of benzene rings is 2. The van der Waals surface area contributed by atoms with E-state index >= 15 is 0 Å². The lowest BCUT2D eigenvalue weighted by Crippen LogP contribution is -2.63. The van der Waals surface area contributed by atoms with Gasteiger partial charge in [-0.2, -0.15) is 4.31 Å². The molecule has 4 rings (SSSR count). The quantitative estimate of drug-likeness (QED) is 0.384. The molecule has 2 aliphatic heterocycles. The molecule has 37 heavy (non-hydrogen) atoms. The molecule has 1 amide bonds. The summed E-state index contributed by atoms with van der Waals surface area (Å²) in [6, 6.07) is 16.6. The highest BCUT2D eigenvalue weighted by Crippen LogP contribution is 2.36. The van der Waals surface area contributed by atoms with Crippen LogP contribution in [-0.4, -0.2) is 67.9 Å². The number of halogens is 1. The molecule has 204 valence electrons. The maximum absolute atomic E-state index is 13.9. The molecular weight excluding hydrogens is 512 g/mol. The van der Waals surface area contributed by atoms with E-state index < -0.39 is 20.7 Å². The van der Waals surface area contributed by atoms with Gasteiger partial charge in [0, 0.05) is 50.6 Å². The van der Waals surface area contributed by atoms with E-state index in [9.17, 15) is 18.4 Å². The lowest BCUT2D eigenvalue weighted by atomic mass is 9.94. The van der Waals surface area contributed by atoms with Crippen molar-refractivity contribution in [3.8, 4) is 0 Å². The summed E-state index contributed by atoms with van der Waals surface area (Å²) >= 11 is 0. The van der Waals surface area contributed by atoms with Crippen LogP contribution in [0.25, 0.3) is 0 Å². The number of aryl methyl sites for hydroxylation is 2. The molecule has 2 heterocycles. The van der Waals surface area contributed by atoms with Crippen molar-refractivity contribution in [3.63, 3.8) is 0 Å². The Morgan fingerprint density at radius 1 is 0.892 bits per heavy atom. The van der Waals surface area contributed by atoms with Crippen LogP contribution in [0.4, 0.5) is 11.4 Å². The number of piperidine rings is 1. The molecule has 0 unspecified atom stereocenters. The zero-order valence-corrected chi connectivity index (χ0v) is 23.4. The fourth-order valence-electron chi connectivity index (χ4n) is 5.27. The van der Waals surface area contributed by atoms with Gasteiger partial charge in [-0.05, 0) is 62.4 Å². The number of anilines is 2. The van der Waals surface area contributed by atoms with Crippen LogP contribution in [0.2, 0.25) is 0 Å². The minimum Gasteiger partial charge on any atom is -0.371 e. The van der Waals surface area contributed by atoms with Gasteiger partial charge in [-0.15, -0.1) is 12.4 Å². The largest absolute Gasteiger partial charge is 0.371 e. The first-order valence-corrected chi connectivity index (χ1v) is 14.3. The van der Waals surface area contributed by atoms with E-state index in [1.54, 1.807) is 5.48 Å². The Morgan fingerprint density at radius 3 is 1.92 bits per heavy atom. The Kier molecular flexibility index (Phi) is 9.86. The molecule has 0 aromatic heterocycles. The Hall–Kier alpha value is -2.33. The molecule has 2 fully saturated rings. The van der Waals surface area contributed by atoms with Crippen LogP contribution in [0.5, 0.6) is 0 Å². The lowest BCUT2D eigenvalue weighted by Gasteiger charge is -2.44. The van der Waals surface area contributed by atoms with Crippen molar-refractivity contribution in [1.82, 2.24) is 9.79 Å². The summed E-state index contributed by atoms with van der Waals surface area (Å²) in [4.78, 5) is 17.1. The van der Waals surface area contributed by atoms with E-state index in [1.807, 2.05) is 31.2 Å². The smallest absolute Gasteiger partial charge is 0.266 e. The SMILES string of the molecule is CCCCc1ccc(N2CCN(S(=O)(=O)C3(C(=O)NO)CCN(c4ccc(C)cc4)CC3)CC2)cc1.Cl. The van der Waals surface area contributed by atoms with E-state index in [2.05, 4.69) is 41.0 Å². The van der Waals surface area contributed by atoms with Gasteiger partial charge in [-0.25, -0.2) is 13.9 Å². The van der Waals surface area contributed by atoms with E-state index in [4.69, 9.17) is 0 Å². The van der Waals surface area contributed by atoms with Crippen LogP contribution in [-0.2, 0) is 21.2 Å². The van der Waals surface area contributed by atoms with Crippen molar-refractivity contribution in [1.29, 1.82) is 0 Å². The highest BCUT2D eigenvalue weighted by Gasteiger charge is 2.55. The molecular formula is C27H39ClN4O4S. The number of hydroxylamine groups is 1. The van der Waals surface area contributed by atoms with Gasteiger partial charge in [0.25, 0.3) is 5.91 Å². The number of carbonyl (C=O) groups excluding carboxylic acids is 1. The van der Waals surface area contributed by atoms with Crippen molar-refractivity contribution >= 4 is 39.7 Å². The first-order chi connectivity index (χ1) is 17.3. The first kappa shape index (κ1) is 29.2. The van der Waals surface area contributed by atoms with Gasteiger partial charge in [-0.3, -0.25) is 10.0 Å². The Labute approximate surface area is 227 Å². The first-order valence-electron chi connectivity index (χ1n) is 12.9. The fraction of sp³-hybridized carbons (Fsp3) is 0.519. The number of hydrogen-bond acceptors (Lipinski definition) is 6. The molecule has 0 aliphatic carbocycles. The van der Waals surface area contributed by atoms with Crippen LogP contribution in [0.1, 0.15) is 43.7 Å². The molecule has 2 saturated heterocycles. The monoisotopic (exact) mass is 550 g/mol. The number of unbranched alkanes of at least 4 members (excludes halogenated alkanes) is 1. The minimum absolute atomic E-state index is 0. The number of piperazine rings is 1. The molecule has 0 atom stereocenters. The summed E-state index contributed by atoms with van der Waals surface area (Å²) in [6.45, 7) is 6.76. The number of carbonyl (C=O) groups is 1. The van der Waals surface area contributed by atoms with E-state index in [0.717, 1.165) is 29.8 Å². The molecule has 2 aliphatic rings. The van der Waals surface area contributed by atoms with Crippen LogP contribution >= 0.6 is 12.4 Å². The third kappa shape index (κ3) is 6.06. The van der Waals surface area contributed by atoms with Gasteiger partial charge < -0.3 is 9.80 Å². The average Bonchev–Trinajstić information content (AvgIpc) is 2.92. The summed E-state index contributed by atoms with van der Waals surface area (Å²) in [5.74, 6) is -0.837. The molecule has 2 aromatic rings. The highest BCUT2D eigenvalue weighted by molar-refractivity contribution is 7.91. The maximum atomic E-state index is 13.9. The number of amides is 1. The fourth-order valence-corrected chi connectivity index (χ4v) is 7.39. The molecule has 2 aromatic carbocycles. The molecule has 8 nitrogen and oxygen atoms in total. The lowest BCUT2D eigenvalue weighted by molar-refractivity contribution is -0.132.